The minimum Gasteiger partial charge on any atom is -0.497 e. The third-order valence-corrected chi connectivity index (χ3v) is 5.08. The van der Waals surface area contributed by atoms with Crippen molar-refractivity contribution in [2.24, 2.45) is 0 Å². The normalized spacial score (nSPS) is 13.0. The summed E-state index contributed by atoms with van der Waals surface area (Å²) in [6.07, 6.45) is 3.37. The van der Waals surface area contributed by atoms with Crippen LogP contribution < -0.4 is 4.74 Å². The van der Waals surface area contributed by atoms with Crippen molar-refractivity contribution in [3.63, 3.8) is 0 Å². The number of benzene rings is 2. The maximum absolute atomic E-state index is 12.8. The third-order valence-electron chi connectivity index (χ3n) is 5.08. The lowest BCUT2D eigenvalue weighted by Gasteiger charge is -2.22. The highest BCUT2D eigenvalue weighted by molar-refractivity contribution is 5.95. The number of esters is 1. The molecule has 30 heavy (non-hydrogen) atoms. The van der Waals surface area contributed by atoms with E-state index in [4.69, 9.17) is 13.9 Å². The summed E-state index contributed by atoms with van der Waals surface area (Å²) < 4.78 is 15.8. The average Bonchev–Trinajstić information content (AvgIpc) is 3.51. The Labute approximate surface area is 175 Å². The molecule has 2 aromatic carbocycles. The number of carbonyl (C=O) groups excluding carboxylic acids is 2. The molecule has 0 saturated heterocycles. The molecule has 1 aromatic heterocycles. The van der Waals surface area contributed by atoms with Gasteiger partial charge in [0.15, 0.2) is 6.61 Å². The lowest BCUT2D eigenvalue weighted by molar-refractivity contribution is -0.135. The molecule has 1 saturated carbocycles. The maximum Gasteiger partial charge on any atom is 0.375 e. The van der Waals surface area contributed by atoms with Gasteiger partial charge in [0.05, 0.1) is 13.4 Å². The highest BCUT2D eigenvalue weighted by atomic mass is 16.5. The van der Waals surface area contributed by atoms with Gasteiger partial charge in [0, 0.05) is 18.2 Å². The Balaban J connectivity index is 1.39. The standard InChI is InChI=1S/C24H23NO5/c1-28-20-11-7-17(8-12-20)15-25(19-9-10-19)22(26)16-30-24(27)23-21(13-14-29-23)18-5-3-2-4-6-18/h2-8,11-14,19H,9-10,15-16H2,1H3. The topological polar surface area (TPSA) is 69.0 Å². The van der Waals surface area contributed by atoms with E-state index in [0.29, 0.717) is 12.1 Å². The summed E-state index contributed by atoms with van der Waals surface area (Å²) >= 11 is 0. The van der Waals surface area contributed by atoms with Crippen LogP contribution in [0.25, 0.3) is 11.1 Å². The van der Waals surface area contributed by atoms with Crippen molar-refractivity contribution in [3.05, 3.63) is 78.3 Å². The van der Waals surface area contributed by atoms with Crippen molar-refractivity contribution in [3.8, 4) is 16.9 Å². The first-order valence-electron chi connectivity index (χ1n) is 9.88. The van der Waals surface area contributed by atoms with Crippen LogP contribution in [0.1, 0.15) is 29.0 Å². The van der Waals surface area contributed by atoms with Crippen molar-refractivity contribution in [1.29, 1.82) is 0 Å². The van der Waals surface area contributed by atoms with Gasteiger partial charge in [0.1, 0.15) is 5.75 Å². The van der Waals surface area contributed by atoms with Crippen LogP contribution in [0.15, 0.2) is 71.3 Å². The van der Waals surface area contributed by atoms with Crippen LogP contribution in [-0.4, -0.2) is 36.5 Å². The Kier molecular flexibility index (Phi) is 5.84. The summed E-state index contributed by atoms with van der Waals surface area (Å²) in [4.78, 5) is 27.1. The van der Waals surface area contributed by atoms with E-state index in [2.05, 4.69) is 0 Å². The molecule has 6 nitrogen and oxygen atoms in total. The Bertz CT molecular complexity index is 1010. The molecule has 4 rings (SSSR count). The Morgan fingerprint density at radius 1 is 1.03 bits per heavy atom. The summed E-state index contributed by atoms with van der Waals surface area (Å²) in [6, 6.07) is 18.9. The smallest absolute Gasteiger partial charge is 0.375 e. The molecule has 1 aliphatic carbocycles. The molecule has 1 heterocycles. The van der Waals surface area contributed by atoms with E-state index in [9.17, 15) is 9.59 Å². The van der Waals surface area contributed by atoms with Crippen LogP contribution >= 0.6 is 0 Å². The van der Waals surface area contributed by atoms with Gasteiger partial charge >= 0.3 is 5.97 Å². The average molecular weight is 405 g/mol. The van der Waals surface area contributed by atoms with Gasteiger partial charge in [-0.2, -0.15) is 0 Å². The van der Waals surface area contributed by atoms with Gasteiger partial charge in [-0.3, -0.25) is 4.79 Å². The SMILES string of the molecule is COc1ccc(CN(C(=O)COC(=O)c2occc2-c2ccccc2)C2CC2)cc1. The third kappa shape index (κ3) is 4.54. The molecular weight excluding hydrogens is 382 g/mol. The minimum atomic E-state index is -0.646. The van der Waals surface area contributed by atoms with E-state index in [0.717, 1.165) is 29.7 Å². The molecule has 6 heteroatoms. The number of hydrogen-bond donors (Lipinski definition) is 0. The highest BCUT2D eigenvalue weighted by Gasteiger charge is 2.33. The molecule has 3 aromatic rings. The van der Waals surface area contributed by atoms with Crippen LogP contribution in [0.5, 0.6) is 5.75 Å². The second kappa shape index (κ2) is 8.86. The van der Waals surface area contributed by atoms with Gasteiger partial charge < -0.3 is 18.8 Å². The summed E-state index contributed by atoms with van der Waals surface area (Å²) in [7, 11) is 1.62. The fraction of sp³-hybridized carbons (Fsp3) is 0.250. The number of carbonyl (C=O) groups is 2. The largest absolute Gasteiger partial charge is 0.497 e. The molecule has 0 bridgehead atoms. The monoisotopic (exact) mass is 405 g/mol. The summed E-state index contributed by atoms with van der Waals surface area (Å²) in [5.41, 5.74) is 2.49. The fourth-order valence-electron chi connectivity index (χ4n) is 3.32. The molecule has 0 aliphatic heterocycles. The van der Waals surface area contributed by atoms with Gasteiger partial charge in [-0.05, 0) is 42.2 Å². The quantitative estimate of drug-likeness (QED) is 0.523. The number of ether oxygens (including phenoxy) is 2. The molecule has 0 unspecified atom stereocenters. The van der Waals surface area contributed by atoms with Crippen molar-refractivity contribution >= 4 is 11.9 Å². The Hall–Kier alpha value is -3.54. The molecular formula is C24H23NO5. The molecule has 1 fully saturated rings. The lowest BCUT2D eigenvalue weighted by atomic mass is 10.1. The van der Waals surface area contributed by atoms with Gasteiger partial charge in [0.25, 0.3) is 5.91 Å². The van der Waals surface area contributed by atoms with Crippen LogP contribution in [0.4, 0.5) is 0 Å². The summed E-state index contributed by atoms with van der Waals surface area (Å²) in [6.45, 7) is 0.154. The first-order chi connectivity index (χ1) is 14.7. The van der Waals surface area contributed by atoms with Crippen LogP contribution in [0.2, 0.25) is 0 Å². The second-order valence-electron chi connectivity index (χ2n) is 7.21. The number of amides is 1. The van der Waals surface area contributed by atoms with E-state index in [-0.39, 0.29) is 24.3 Å². The van der Waals surface area contributed by atoms with Gasteiger partial charge in [-0.1, -0.05) is 42.5 Å². The predicted molar refractivity (Wildman–Crippen MR) is 111 cm³/mol. The molecule has 0 atom stereocenters. The van der Waals surface area contributed by atoms with Gasteiger partial charge in [-0.25, -0.2) is 4.79 Å². The van der Waals surface area contributed by atoms with E-state index in [1.165, 1.54) is 6.26 Å². The zero-order valence-electron chi connectivity index (χ0n) is 16.7. The predicted octanol–water partition coefficient (Wildman–Crippen LogP) is 4.30. The molecule has 154 valence electrons. The van der Waals surface area contributed by atoms with Crippen LogP contribution in [-0.2, 0) is 16.1 Å². The number of nitrogens with zero attached hydrogens (tertiary/aromatic N) is 1. The van der Waals surface area contributed by atoms with Gasteiger partial charge in [0.2, 0.25) is 5.76 Å². The number of furan rings is 1. The van der Waals surface area contributed by atoms with Gasteiger partial charge in [-0.15, -0.1) is 0 Å². The summed E-state index contributed by atoms with van der Waals surface area (Å²) in [5, 5.41) is 0. The zero-order chi connectivity index (χ0) is 20.9. The second-order valence-corrected chi connectivity index (χ2v) is 7.21. The minimum absolute atomic E-state index is 0.0992. The van der Waals surface area contributed by atoms with Crippen molar-refractivity contribution < 1.29 is 23.5 Å². The lowest BCUT2D eigenvalue weighted by Crippen LogP contribution is -2.36. The van der Waals surface area contributed by atoms with E-state index in [1.807, 2.05) is 54.6 Å². The Morgan fingerprint density at radius 3 is 2.43 bits per heavy atom. The number of methoxy groups -OCH3 is 1. The first kappa shape index (κ1) is 19.8. The van der Waals surface area contributed by atoms with Crippen LogP contribution in [0, 0.1) is 0 Å². The molecule has 1 amide bonds. The molecule has 1 aliphatic rings. The highest BCUT2D eigenvalue weighted by Crippen LogP contribution is 2.29. The zero-order valence-corrected chi connectivity index (χ0v) is 16.7. The fourth-order valence-corrected chi connectivity index (χ4v) is 3.32. The molecule has 0 N–H and O–H groups in total. The van der Waals surface area contributed by atoms with Crippen molar-refractivity contribution in [1.82, 2.24) is 4.90 Å². The van der Waals surface area contributed by atoms with Crippen molar-refractivity contribution in [2.75, 3.05) is 13.7 Å². The summed E-state index contributed by atoms with van der Waals surface area (Å²) in [5.74, 6) is 0.00801. The molecule has 0 spiro atoms. The number of rotatable bonds is 8. The maximum atomic E-state index is 12.8. The van der Waals surface area contributed by atoms with Crippen LogP contribution in [0.3, 0.4) is 0 Å². The van der Waals surface area contributed by atoms with E-state index >= 15 is 0 Å². The number of hydrogen-bond acceptors (Lipinski definition) is 5. The van der Waals surface area contributed by atoms with E-state index in [1.54, 1.807) is 18.1 Å². The van der Waals surface area contributed by atoms with Crippen molar-refractivity contribution in [2.45, 2.75) is 25.4 Å². The Morgan fingerprint density at radius 2 is 1.77 bits per heavy atom. The molecule has 0 radical (unpaired) electrons. The first-order valence-corrected chi connectivity index (χ1v) is 9.88. The van der Waals surface area contributed by atoms with E-state index < -0.39 is 5.97 Å².